The summed E-state index contributed by atoms with van der Waals surface area (Å²) in [4.78, 5) is 16.8. The van der Waals surface area contributed by atoms with Crippen LogP contribution in [0.25, 0.3) is 11.0 Å². The number of fused-ring (bicyclic) bond motifs is 1. The number of hydrogen-bond donors (Lipinski definition) is 3. The summed E-state index contributed by atoms with van der Waals surface area (Å²) >= 11 is 5.79. The van der Waals surface area contributed by atoms with Crippen LogP contribution in [-0.2, 0) is 0 Å². The number of aliphatic hydroxyl groups excluding tert-OH is 1. The highest BCUT2D eigenvalue weighted by Crippen LogP contribution is 2.25. The molecule has 0 fully saturated rings. The number of benzene rings is 1. The SMILES string of the molecule is CC(CO)Nc1ncc2ncnc(Nc3ccc(F)c(Cl)c3)c2n1. The first-order valence-electron chi connectivity index (χ1n) is 7.14. The van der Waals surface area contributed by atoms with E-state index in [9.17, 15) is 4.39 Å². The monoisotopic (exact) mass is 348 g/mol. The van der Waals surface area contributed by atoms with Gasteiger partial charge in [-0.15, -0.1) is 0 Å². The van der Waals surface area contributed by atoms with Gasteiger partial charge < -0.3 is 15.7 Å². The number of aliphatic hydroxyl groups is 1. The molecule has 2 aromatic heterocycles. The number of nitrogens with one attached hydrogen (secondary N) is 2. The first kappa shape index (κ1) is 16.3. The highest BCUT2D eigenvalue weighted by Gasteiger charge is 2.10. The minimum Gasteiger partial charge on any atom is -0.394 e. The van der Waals surface area contributed by atoms with Gasteiger partial charge in [0.2, 0.25) is 5.95 Å². The van der Waals surface area contributed by atoms with Crippen LogP contribution in [0.1, 0.15) is 6.92 Å². The maximum atomic E-state index is 13.3. The van der Waals surface area contributed by atoms with Crippen LogP contribution in [0, 0.1) is 5.82 Å². The van der Waals surface area contributed by atoms with Crippen molar-refractivity contribution in [1.82, 2.24) is 19.9 Å². The highest BCUT2D eigenvalue weighted by atomic mass is 35.5. The molecular formula is C15H14ClFN6O. The molecule has 0 aliphatic rings. The first-order chi connectivity index (χ1) is 11.6. The Labute approximate surface area is 142 Å². The zero-order chi connectivity index (χ0) is 17.1. The van der Waals surface area contributed by atoms with E-state index in [4.69, 9.17) is 16.7 Å². The molecule has 0 bridgehead atoms. The summed E-state index contributed by atoms with van der Waals surface area (Å²) in [5.74, 6) is 0.283. The summed E-state index contributed by atoms with van der Waals surface area (Å²) in [6.45, 7) is 1.75. The molecule has 1 atom stereocenters. The van der Waals surface area contributed by atoms with Gasteiger partial charge in [-0.3, -0.25) is 0 Å². The summed E-state index contributed by atoms with van der Waals surface area (Å²) in [6.07, 6.45) is 2.93. The van der Waals surface area contributed by atoms with Gasteiger partial charge in [-0.1, -0.05) is 11.6 Å². The number of aromatic nitrogens is 4. The van der Waals surface area contributed by atoms with Crippen molar-refractivity contribution in [1.29, 1.82) is 0 Å². The van der Waals surface area contributed by atoms with E-state index in [-0.39, 0.29) is 17.7 Å². The normalized spacial score (nSPS) is 12.2. The number of rotatable bonds is 5. The summed E-state index contributed by atoms with van der Waals surface area (Å²) in [5.41, 5.74) is 1.60. The van der Waals surface area contributed by atoms with Crippen molar-refractivity contribution < 1.29 is 9.50 Å². The van der Waals surface area contributed by atoms with Gasteiger partial charge in [-0.2, -0.15) is 0 Å². The summed E-state index contributed by atoms with van der Waals surface area (Å²) in [7, 11) is 0. The Morgan fingerprint density at radius 3 is 2.88 bits per heavy atom. The van der Waals surface area contributed by atoms with Crippen LogP contribution in [0.2, 0.25) is 5.02 Å². The molecule has 9 heteroatoms. The van der Waals surface area contributed by atoms with Crippen molar-refractivity contribution >= 4 is 40.1 Å². The van der Waals surface area contributed by atoms with E-state index in [2.05, 4.69) is 30.6 Å². The molecule has 124 valence electrons. The number of hydrogen-bond acceptors (Lipinski definition) is 7. The molecule has 0 saturated heterocycles. The van der Waals surface area contributed by atoms with Crippen molar-refractivity contribution in [2.45, 2.75) is 13.0 Å². The predicted octanol–water partition coefficient (Wildman–Crippen LogP) is 2.75. The fraction of sp³-hybridized carbons (Fsp3) is 0.200. The molecule has 1 aromatic carbocycles. The van der Waals surface area contributed by atoms with Crippen molar-refractivity contribution in [3.05, 3.63) is 41.6 Å². The first-order valence-corrected chi connectivity index (χ1v) is 7.52. The molecule has 0 amide bonds. The number of nitrogens with zero attached hydrogens (tertiary/aromatic N) is 4. The van der Waals surface area contributed by atoms with Gasteiger partial charge in [-0.05, 0) is 25.1 Å². The lowest BCUT2D eigenvalue weighted by atomic mass is 10.3. The van der Waals surface area contributed by atoms with Gasteiger partial charge in [-0.25, -0.2) is 24.3 Å². The lowest BCUT2D eigenvalue weighted by molar-refractivity contribution is 0.281. The lowest BCUT2D eigenvalue weighted by Crippen LogP contribution is -2.20. The number of anilines is 3. The van der Waals surface area contributed by atoms with E-state index < -0.39 is 5.82 Å². The fourth-order valence-corrected chi connectivity index (χ4v) is 2.17. The maximum Gasteiger partial charge on any atom is 0.223 e. The van der Waals surface area contributed by atoms with Crippen LogP contribution in [-0.4, -0.2) is 37.7 Å². The van der Waals surface area contributed by atoms with Crippen molar-refractivity contribution in [3.63, 3.8) is 0 Å². The van der Waals surface area contributed by atoms with Crippen LogP contribution >= 0.6 is 11.6 Å². The van der Waals surface area contributed by atoms with Crippen LogP contribution in [0.4, 0.5) is 21.8 Å². The molecule has 0 saturated carbocycles. The third kappa shape index (κ3) is 3.50. The van der Waals surface area contributed by atoms with Gasteiger partial charge in [0.05, 0.1) is 17.8 Å². The van der Waals surface area contributed by atoms with E-state index in [1.165, 1.54) is 18.5 Å². The van der Waals surface area contributed by atoms with Crippen molar-refractivity contribution in [3.8, 4) is 0 Å². The number of halogens is 2. The average molecular weight is 349 g/mol. The summed E-state index contributed by atoms with van der Waals surface area (Å²) in [5, 5.41) is 15.1. The predicted molar refractivity (Wildman–Crippen MR) is 90.0 cm³/mol. The zero-order valence-corrected chi connectivity index (χ0v) is 13.4. The standard InChI is InChI=1S/C15H14ClFN6O/c1-8(6-24)21-15-18-5-12-13(23-15)14(20-7-19-12)22-9-2-3-11(17)10(16)4-9/h2-5,7-8,24H,6H2,1H3,(H,18,21,23)(H,19,20,22). The largest absolute Gasteiger partial charge is 0.394 e. The summed E-state index contributed by atoms with van der Waals surface area (Å²) < 4.78 is 13.3. The minimum absolute atomic E-state index is 0.00659. The van der Waals surface area contributed by atoms with E-state index in [1.807, 2.05) is 0 Å². The maximum absolute atomic E-state index is 13.3. The Morgan fingerprint density at radius 1 is 1.29 bits per heavy atom. The fourth-order valence-electron chi connectivity index (χ4n) is 1.99. The lowest BCUT2D eigenvalue weighted by Gasteiger charge is -2.12. The quantitative estimate of drug-likeness (QED) is 0.652. The second kappa shape index (κ2) is 6.90. The summed E-state index contributed by atoms with van der Waals surface area (Å²) in [6, 6.07) is 4.07. The molecule has 0 aliphatic heterocycles. The Hall–Kier alpha value is -2.58. The molecule has 1 unspecified atom stereocenters. The van der Waals surface area contributed by atoms with Crippen molar-refractivity contribution in [2.24, 2.45) is 0 Å². The Kier molecular flexibility index (Phi) is 4.68. The molecule has 7 nitrogen and oxygen atoms in total. The topological polar surface area (TPSA) is 95.9 Å². The van der Waals surface area contributed by atoms with Crippen LogP contribution in [0.3, 0.4) is 0 Å². The van der Waals surface area contributed by atoms with Gasteiger partial charge in [0, 0.05) is 11.7 Å². The van der Waals surface area contributed by atoms with Crippen molar-refractivity contribution in [2.75, 3.05) is 17.2 Å². The minimum atomic E-state index is -0.499. The molecule has 0 spiro atoms. The molecule has 0 radical (unpaired) electrons. The smallest absolute Gasteiger partial charge is 0.223 e. The molecule has 3 N–H and O–H groups in total. The zero-order valence-electron chi connectivity index (χ0n) is 12.7. The van der Waals surface area contributed by atoms with Crippen LogP contribution < -0.4 is 10.6 Å². The molecular weight excluding hydrogens is 335 g/mol. The third-order valence-corrected chi connectivity index (χ3v) is 3.50. The van der Waals surface area contributed by atoms with Crippen LogP contribution in [0.15, 0.2) is 30.7 Å². The Morgan fingerprint density at radius 2 is 2.12 bits per heavy atom. The van der Waals surface area contributed by atoms with E-state index in [0.717, 1.165) is 0 Å². The van der Waals surface area contributed by atoms with E-state index in [1.54, 1.807) is 19.2 Å². The van der Waals surface area contributed by atoms with E-state index >= 15 is 0 Å². The Bertz CT molecular complexity index is 878. The molecule has 24 heavy (non-hydrogen) atoms. The van der Waals surface area contributed by atoms with E-state index in [0.29, 0.717) is 28.5 Å². The van der Waals surface area contributed by atoms with Gasteiger partial charge in [0.25, 0.3) is 0 Å². The molecule has 0 aliphatic carbocycles. The second-order valence-corrected chi connectivity index (χ2v) is 5.54. The van der Waals surface area contributed by atoms with Gasteiger partial charge in [0.1, 0.15) is 23.2 Å². The van der Waals surface area contributed by atoms with Crippen LogP contribution in [0.5, 0.6) is 0 Å². The molecule has 3 aromatic rings. The highest BCUT2D eigenvalue weighted by molar-refractivity contribution is 6.31. The molecule has 2 heterocycles. The Balaban J connectivity index is 1.97. The average Bonchev–Trinajstić information content (AvgIpc) is 2.58. The second-order valence-electron chi connectivity index (χ2n) is 5.13. The molecule has 3 rings (SSSR count). The van der Waals surface area contributed by atoms with Gasteiger partial charge >= 0.3 is 0 Å². The van der Waals surface area contributed by atoms with Gasteiger partial charge in [0.15, 0.2) is 5.82 Å². The third-order valence-electron chi connectivity index (χ3n) is 3.21.